The van der Waals surface area contributed by atoms with E-state index in [1.54, 1.807) is 0 Å². The molecule has 0 radical (unpaired) electrons. The molecule has 3 aliphatic carbocycles. The number of primary sulfonamides is 1. The predicted octanol–water partition coefficient (Wildman–Crippen LogP) is 6.48. The second-order valence-corrected chi connectivity index (χ2v) is 11.1. The molecular formula is C24H37NO2S. The van der Waals surface area contributed by atoms with Crippen LogP contribution < -0.4 is 5.14 Å². The quantitative estimate of drug-likeness (QED) is 0.625. The van der Waals surface area contributed by atoms with Crippen molar-refractivity contribution in [3.63, 3.8) is 0 Å². The molecule has 4 rings (SSSR count). The van der Waals surface area contributed by atoms with E-state index in [1.165, 1.54) is 76.2 Å². The van der Waals surface area contributed by atoms with Crippen LogP contribution in [0.1, 0.15) is 131 Å². The Morgan fingerprint density at radius 3 is 1.32 bits per heavy atom. The van der Waals surface area contributed by atoms with Gasteiger partial charge < -0.3 is 0 Å². The summed E-state index contributed by atoms with van der Waals surface area (Å²) in [5, 5.41) is 5.87. The Morgan fingerprint density at radius 1 is 0.607 bits per heavy atom. The van der Waals surface area contributed by atoms with Crippen molar-refractivity contribution < 1.29 is 8.42 Å². The van der Waals surface area contributed by atoms with Crippen LogP contribution in [0.5, 0.6) is 0 Å². The van der Waals surface area contributed by atoms with E-state index in [0.717, 1.165) is 36.8 Å². The van der Waals surface area contributed by atoms with Crippen LogP contribution in [0.15, 0.2) is 17.0 Å². The fraction of sp³-hybridized carbons (Fsp3) is 0.750. The van der Waals surface area contributed by atoms with Gasteiger partial charge in [0.25, 0.3) is 0 Å². The van der Waals surface area contributed by atoms with Crippen LogP contribution in [0.2, 0.25) is 0 Å². The molecule has 1 aromatic carbocycles. The van der Waals surface area contributed by atoms with Crippen molar-refractivity contribution >= 4 is 10.0 Å². The zero-order chi connectivity index (χ0) is 19.6. The molecule has 0 aromatic heterocycles. The minimum absolute atomic E-state index is 0.368. The number of hydrogen-bond donors (Lipinski definition) is 1. The van der Waals surface area contributed by atoms with Gasteiger partial charge in [-0.2, -0.15) is 0 Å². The van der Waals surface area contributed by atoms with Crippen molar-refractivity contribution in [3.05, 3.63) is 28.8 Å². The topological polar surface area (TPSA) is 60.2 Å². The molecule has 3 nitrogen and oxygen atoms in total. The summed E-state index contributed by atoms with van der Waals surface area (Å²) in [6.45, 7) is 0. The molecule has 0 atom stereocenters. The van der Waals surface area contributed by atoms with Crippen LogP contribution in [-0.4, -0.2) is 8.42 Å². The monoisotopic (exact) mass is 403 g/mol. The van der Waals surface area contributed by atoms with Crippen molar-refractivity contribution in [2.45, 2.75) is 119 Å². The van der Waals surface area contributed by atoms with Crippen LogP contribution in [0.25, 0.3) is 0 Å². The Hall–Kier alpha value is -0.870. The van der Waals surface area contributed by atoms with Crippen LogP contribution in [0.3, 0.4) is 0 Å². The lowest BCUT2D eigenvalue weighted by molar-refractivity contribution is 0.419. The first-order valence-electron chi connectivity index (χ1n) is 11.7. The van der Waals surface area contributed by atoms with Crippen LogP contribution in [0.4, 0.5) is 0 Å². The van der Waals surface area contributed by atoms with E-state index in [-0.39, 0.29) is 0 Å². The average molecular weight is 404 g/mol. The average Bonchev–Trinajstić information content (AvgIpc) is 2.74. The third-order valence-electron chi connectivity index (χ3n) is 7.62. The van der Waals surface area contributed by atoms with Gasteiger partial charge in [-0.25, -0.2) is 13.6 Å². The summed E-state index contributed by atoms with van der Waals surface area (Å²) in [5.41, 5.74) is 3.56. The molecule has 3 saturated carbocycles. The maximum atomic E-state index is 12.8. The molecule has 0 spiro atoms. The first-order valence-corrected chi connectivity index (χ1v) is 13.3. The standard InChI is InChI=1S/C24H37NO2S/c25-28(26,27)24-22(19-12-6-2-7-13-19)16-21(18-10-4-1-5-11-18)17-23(24)20-14-8-3-9-15-20/h16-20H,1-15H2,(H2,25,26,27). The zero-order valence-electron chi connectivity index (χ0n) is 17.3. The molecule has 3 aliphatic rings. The minimum Gasteiger partial charge on any atom is -0.225 e. The van der Waals surface area contributed by atoms with Gasteiger partial charge in [0.15, 0.2) is 0 Å². The zero-order valence-corrected chi connectivity index (χ0v) is 18.1. The molecule has 156 valence electrons. The fourth-order valence-electron chi connectivity index (χ4n) is 6.13. The highest BCUT2D eigenvalue weighted by Crippen LogP contribution is 2.45. The summed E-state index contributed by atoms with van der Waals surface area (Å²) in [6.07, 6.45) is 18.3. The lowest BCUT2D eigenvalue weighted by Gasteiger charge is -2.31. The third-order valence-corrected chi connectivity index (χ3v) is 8.66. The number of sulfonamides is 1. The minimum atomic E-state index is -3.71. The second kappa shape index (κ2) is 8.87. The summed E-state index contributed by atoms with van der Waals surface area (Å²) in [6, 6.07) is 4.55. The van der Waals surface area contributed by atoms with Gasteiger partial charge in [0.05, 0.1) is 4.90 Å². The normalized spacial score (nSPS) is 23.8. The van der Waals surface area contributed by atoms with Gasteiger partial charge in [-0.3, -0.25) is 0 Å². The number of hydrogen-bond acceptors (Lipinski definition) is 2. The van der Waals surface area contributed by atoms with Gasteiger partial charge in [-0.05, 0) is 73.0 Å². The summed E-state index contributed by atoms with van der Waals surface area (Å²) in [7, 11) is -3.71. The lowest BCUT2D eigenvalue weighted by atomic mass is 9.76. The summed E-state index contributed by atoms with van der Waals surface area (Å²) in [5.74, 6) is 1.34. The van der Waals surface area contributed by atoms with E-state index in [0.29, 0.717) is 22.6 Å². The molecule has 3 fully saturated rings. The Bertz CT molecular complexity index is 729. The highest BCUT2D eigenvalue weighted by molar-refractivity contribution is 7.89. The lowest BCUT2D eigenvalue weighted by Crippen LogP contribution is -2.22. The highest BCUT2D eigenvalue weighted by atomic mass is 32.2. The molecular weight excluding hydrogens is 366 g/mol. The van der Waals surface area contributed by atoms with Crippen molar-refractivity contribution in [2.24, 2.45) is 5.14 Å². The molecule has 28 heavy (non-hydrogen) atoms. The SMILES string of the molecule is NS(=O)(=O)c1c(C2CCCCC2)cc(C2CCCCC2)cc1C1CCCCC1. The van der Waals surface area contributed by atoms with Gasteiger partial charge in [0, 0.05) is 0 Å². The van der Waals surface area contributed by atoms with Crippen LogP contribution in [-0.2, 0) is 10.0 Å². The molecule has 0 unspecified atom stereocenters. The number of benzene rings is 1. The van der Waals surface area contributed by atoms with Gasteiger partial charge in [-0.15, -0.1) is 0 Å². The van der Waals surface area contributed by atoms with Gasteiger partial charge in [0.2, 0.25) is 10.0 Å². The molecule has 1 aromatic rings. The van der Waals surface area contributed by atoms with Gasteiger partial charge >= 0.3 is 0 Å². The number of rotatable bonds is 4. The van der Waals surface area contributed by atoms with E-state index in [1.807, 2.05) is 0 Å². The smallest absolute Gasteiger partial charge is 0.225 e. The van der Waals surface area contributed by atoms with E-state index in [4.69, 9.17) is 5.14 Å². The molecule has 4 heteroatoms. The van der Waals surface area contributed by atoms with Crippen LogP contribution >= 0.6 is 0 Å². The second-order valence-electron chi connectivity index (χ2n) is 9.58. The first-order chi connectivity index (χ1) is 13.5. The molecule has 0 aliphatic heterocycles. The first kappa shape index (κ1) is 20.4. The summed E-state index contributed by atoms with van der Waals surface area (Å²) < 4.78 is 25.7. The van der Waals surface area contributed by atoms with Crippen LogP contribution in [0, 0.1) is 0 Å². The van der Waals surface area contributed by atoms with Crippen molar-refractivity contribution in [2.75, 3.05) is 0 Å². The largest absolute Gasteiger partial charge is 0.238 e. The Labute approximate surface area is 171 Å². The summed E-state index contributed by atoms with van der Waals surface area (Å²) >= 11 is 0. The highest BCUT2D eigenvalue weighted by Gasteiger charge is 2.31. The van der Waals surface area contributed by atoms with Crippen molar-refractivity contribution in [1.29, 1.82) is 0 Å². The third kappa shape index (κ3) is 4.48. The van der Waals surface area contributed by atoms with E-state index in [9.17, 15) is 8.42 Å². The van der Waals surface area contributed by atoms with E-state index in [2.05, 4.69) is 12.1 Å². The van der Waals surface area contributed by atoms with Crippen molar-refractivity contribution in [1.82, 2.24) is 0 Å². The van der Waals surface area contributed by atoms with E-state index >= 15 is 0 Å². The predicted molar refractivity (Wildman–Crippen MR) is 115 cm³/mol. The Morgan fingerprint density at radius 2 is 0.964 bits per heavy atom. The van der Waals surface area contributed by atoms with E-state index < -0.39 is 10.0 Å². The molecule has 0 heterocycles. The summed E-state index contributed by atoms with van der Waals surface area (Å²) in [4.78, 5) is 0.519. The molecule has 0 amide bonds. The molecule has 2 N–H and O–H groups in total. The fourth-order valence-corrected chi connectivity index (χ4v) is 7.24. The number of nitrogens with two attached hydrogens (primary N) is 1. The van der Waals surface area contributed by atoms with Gasteiger partial charge in [0.1, 0.15) is 0 Å². The maximum Gasteiger partial charge on any atom is 0.238 e. The Kier molecular flexibility index (Phi) is 6.46. The molecule has 0 bridgehead atoms. The van der Waals surface area contributed by atoms with Crippen molar-refractivity contribution in [3.8, 4) is 0 Å². The van der Waals surface area contributed by atoms with Gasteiger partial charge in [-0.1, -0.05) is 69.9 Å². The maximum absolute atomic E-state index is 12.8. The Balaban J connectivity index is 1.84. The molecule has 0 saturated heterocycles.